The number of carboxylic acid groups (broad SMARTS) is 1. The van der Waals surface area contributed by atoms with E-state index in [9.17, 15) is 13.2 Å². The van der Waals surface area contributed by atoms with Crippen LogP contribution < -0.4 is 4.72 Å². The number of aryl methyl sites for hydroxylation is 1. The van der Waals surface area contributed by atoms with Crippen molar-refractivity contribution in [3.05, 3.63) is 52.0 Å². The van der Waals surface area contributed by atoms with Crippen LogP contribution >= 0.6 is 23.2 Å². The molecule has 2 atom stereocenters. The third-order valence-electron chi connectivity index (χ3n) is 4.76. The second kappa shape index (κ2) is 10.4. The Morgan fingerprint density at radius 1 is 1.29 bits per heavy atom. The van der Waals surface area contributed by atoms with Crippen molar-refractivity contribution in [1.29, 1.82) is 0 Å². The number of hydrogen-bond donors (Lipinski definition) is 2. The van der Waals surface area contributed by atoms with E-state index in [1.807, 2.05) is 6.08 Å². The van der Waals surface area contributed by atoms with Crippen molar-refractivity contribution in [2.24, 2.45) is 11.8 Å². The van der Waals surface area contributed by atoms with E-state index in [0.717, 1.165) is 12.8 Å². The average Bonchev–Trinajstić information content (AvgIpc) is 2.59. The predicted molar refractivity (Wildman–Crippen MR) is 112 cm³/mol. The highest BCUT2D eigenvalue weighted by Crippen LogP contribution is 2.30. The molecule has 0 spiro atoms. The Hall–Kier alpha value is -1.34. The molecule has 0 aromatic heterocycles. The van der Waals surface area contributed by atoms with Gasteiger partial charge in [0.25, 0.3) is 0 Å². The van der Waals surface area contributed by atoms with Crippen molar-refractivity contribution >= 4 is 39.2 Å². The number of aliphatic carboxylic acids is 1. The van der Waals surface area contributed by atoms with E-state index in [1.165, 1.54) is 6.07 Å². The maximum absolute atomic E-state index is 12.8. The van der Waals surface area contributed by atoms with Gasteiger partial charge in [-0.3, -0.25) is 4.79 Å². The molecule has 5 nitrogen and oxygen atoms in total. The van der Waals surface area contributed by atoms with E-state index in [2.05, 4.69) is 23.0 Å². The fourth-order valence-electron chi connectivity index (χ4n) is 3.32. The molecule has 0 fully saturated rings. The van der Waals surface area contributed by atoms with Gasteiger partial charge < -0.3 is 5.11 Å². The third kappa shape index (κ3) is 6.62. The van der Waals surface area contributed by atoms with E-state index in [4.69, 9.17) is 28.3 Å². The molecule has 1 aliphatic rings. The first-order valence-corrected chi connectivity index (χ1v) is 11.4. The second-order valence-corrected chi connectivity index (χ2v) is 9.51. The minimum absolute atomic E-state index is 0.0608. The average molecular weight is 446 g/mol. The van der Waals surface area contributed by atoms with Gasteiger partial charge in [0.2, 0.25) is 10.0 Å². The summed E-state index contributed by atoms with van der Waals surface area (Å²) in [5.41, 5.74) is 0.503. The summed E-state index contributed by atoms with van der Waals surface area (Å²) in [5.74, 6) is -0.460. The molecular weight excluding hydrogens is 421 g/mol. The number of unbranched alkanes of at least 4 members (excludes halogenated alkanes) is 1. The lowest BCUT2D eigenvalue weighted by atomic mass is 9.83. The Balaban J connectivity index is 2.02. The Morgan fingerprint density at radius 2 is 2.00 bits per heavy atom. The third-order valence-corrected chi connectivity index (χ3v) is 7.02. The number of nitrogens with one attached hydrogen (secondary N) is 1. The van der Waals surface area contributed by atoms with Gasteiger partial charge in [-0.25, -0.2) is 13.1 Å². The molecule has 0 heterocycles. The quantitative estimate of drug-likeness (QED) is 0.414. The molecule has 0 radical (unpaired) electrons. The van der Waals surface area contributed by atoms with Gasteiger partial charge in [-0.1, -0.05) is 47.5 Å². The molecule has 28 heavy (non-hydrogen) atoms. The van der Waals surface area contributed by atoms with E-state index in [-0.39, 0.29) is 28.2 Å². The number of allylic oxidation sites excluding steroid dienone is 4. The molecule has 0 amide bonds. The summed E-state index contributed by atoms with van der Waals surface area (Å²) in [6, 6.07) is 3.00. The molecule has 0 bridgehead atoms. The number of benzene rings is 1. The molecular formula is C20H25Cl2NO4S. The molecule has 0 saturated heterocycles. The maximum atomic E-state index is 12.8. The van der Waals surface area contributed by atoms with Crippen molar-refractivity contribution in [1.82, 2.24) is 4.72 Å². The molecule has 8 heteroatoms. The number of hydrogen-bond acceptors (Lipinski definition) is 3. The summed E-state index contributed by atoms with van der Waals surface area (Å²) in [6.45, 7) is 1.97. The smallest absolute Gasteiger partial charge is 0.303 e. The number of halogens is 2. The SMILES string of the molecule is Cc1cc(Cl)cc(Cl)c1S(=O)(=O)NCC1CC=CCC1/C=C\CCCC(=O)O. The zero-order chi connectivity index (χ0) is 20.7. The van der Waals surface area contributed by atoms with E-state index >= 15 is 0 Å². The Kier molecular flexibility index (Phi) is 8.56. The monoisotopic (exact) mass is 445 g/mol. The van der Waals surface area contributed by atoms with Crippen molar-refractivity contribution in [2.45, 2.75) is 43.9 Å². The van der Waals surface area contributed by atoms with Gasteiger partial charge >= 0.3 is 5.97 Å². The molecule has 2 N–H and O–H groups in total. The lowest BCUT2D eigenvalue weighted by Crippen LogP contribution is -2.33. The van der Waals surface area contributed by atoms with Gasteiger partial charge in [0.15, 0.2) is 0 Å². The lowest BCUT2D eigenvalue weighted by molar-refractivity contribution is -0.137. The summed E-state index contributed by atoms with van der Waals surface area (Å²) in [5, 5.41) is 9.19. The summed E-state index contributed by atoms with van der Waals surface area (Å²) in [4.78, 5) is 10.6. The standard InChI is InChI=1S/C20H25Cl2NO4S/c1-14-11-17(21)12-18(22)20(14)28(26,27)23-13-16-9-6-5-8-15(16)7-3-2-4-10-19(24)25/h3,5-7,11-12,15-16,23H,2,4,8-10,13H2,1H3,(H,24,25)/b7-3-. The highest BCUT2D eigenvalue weighted by molar-refractivity contribution is 7.89. The van der Waals surface area contributed by atoms with E-state index in [0.29, 0.717) is 30.0 Å². The van der Waals surface area contributed by atoms with Crippen LogP contribution in [0.3, 0.4) is 0 Å². The minimum Gasteiger partial charge on any atom is -0.481 e. The second-order valence-electron chi connectivity index (χ2n) is 6.97. The first-order valence-electron chi connectivity index (χ1n) is 9.19. The van der Waals surface area contributed by atoms with Crippen LogP contribution in [0, 0.1) is 18.8 Å². The van der Waals surface area contributed by atoms with Gasteiger partial charge in [0, 0.05) is 18.0 Å². The topological polar surface area (TPSA) is 83.5 Å². The lowest BCUT2D eigenvalue weighted by Gasteiger charge is -2.26. The van der Waals surface area contributed by atoms with Crippen LogP contribution in [0.25, 0.3) is 0 Å². The number of carboxylic acids is 1. The summed E-state index contributed by atoms with van der Waals surface area (Å²) < 4.78 is 28.2. The van der Waals surface area contributed by atoms with Crippen LogP contribution in [0.2, 0.25) is 10.0 Å². The van der Waals surface area contributed by atoms with Crippen LogP contribution in [-0.2, 0) is 14.8 Å². The van der Waals surface area contributed by atoms with Gasteiger partial charge in [0.05, 0.1) is 5.02 Å². The number of carbonyl (C=O) groups is 1. The zero-order valence-electron chi connectivity index (χ0n) is 15.7. The predicted octanol–water partition coefficient (Wildman–Crippen LogP) is 4.97. The highest BCUT2D eigenvalue weighted by Gasteiger charge is 2.25. The van der Waals surface area contributed by atoms with Crippen LogP contribution in [0.5, 0.6) is 0 Å². The largest absolute Gasteiger partial charge is 0.481 e. The van der Waals surface area contributed by atoms with Crippen molar-refractivity contribution in [2.75, 3.05) is 6.54 Å². The number of rotatable bonds is 9. The maximum Gasteiger partial charge on any atom is 0.303 e. The Bertz CT molecular complexity index is 842. The van der Waals surface area contributed by atoms with Crippen LogP contribution in [-0.4, -0.2) is 26.0 Å². The Labute approximate surface area is 176 Å². The van der Waals surface area contributed by atoms with Gasteiger partial charge in [0.1, 0.15) is 4.90 Å². The molecule has 2 unspecified atom stereocenters. The fraction of sp³-hybridized carbons (Fsp3) is 0.450. The van der Waals surface area contributed by atoms with Gasteiger partial charge in [-0.2, -0.15) is 0 Å². The summed E-state index contributed by atoms with van der Waals surface area (Å²) in [6.07, 6.45) is 11.3. The first-order chi connectivity index (χ1) is 13.2. The molecule has 2 rings (SSSR count). The molecule has 1 aliphatic carbocycles. The minimum atomic E-state index is -3.75. The zero-order valence-corrected chi connectivity index (χ0v) is 18.0. The molecule has 154 valence electrons. The molecule has 0 aliphatic heterocycles. The molecule has 1 aromatic carbocycles. The van der Waals surface area contributed by atoms with Crippen molar-refractivity contribution in [3.63, 3.8) is 0 Å². The van der Waals surface area contributed by atoms with Crippen LogP contribution in [0.15, 0.2) is 41.3 Å². The summed E-state index contributed by atoms with van der Waals surface area (Å²) >= 11 is 12.1. The van der Waals surface area contributed by atoms with Gasteiger partial charge in [-0.15, -0.1) is 0 Å². The van der Waals surface area contributed by atoms with Crippen molar-refractivity contribution in [3.8, 4) is 0 Å². The highest BCUT2D eigenvalue weighted by atomic mass is 35.5. The van der Waals surface area contributed by atoms with Crippen LogP contribution in [0.1, 0.15) is 37.7 Å². The molecule has 1 aromatic rings. The van der Waals surface area contributed by atoms with Gasteiger partial charge in [-0.05, 0) is 62.1 Å². The van der Waals surface area contributed by atoms with Crippen LogP contribution in [0.4, 0.5) is 0 Å². The van der Waals surface area contributed by atoms with Crippen molar-refractivity contribution < 1.29 is 18.3 Å². The van der Waals surface area contributed by atoms with E-state index < -0.39 is 16.0 Å². The van der Waals surface area contributed by atoms with E-state index in [1.54, 1.807) is 13.0 Å². The molecule has 0 saturated carbocycles. The number of sulfonamides is 1. The first kappa shape index (κ1) is 22.9. The summed E-state index contributed by atoms with van der Waals surface area (Å²) in [7, 11) is -3.75. The normalized spacial score (nSPS) is 20.0. The fourth-order valence-corrected chi connectivity index (χ4v) is 5.60. The Morgan fingerprint density at radius 3 is 2.68 bits per heavy atom.